The molecule has 0 unspecified atom stereocenters. The molecular weight excluding hydrogens is 270 g/mol. The summed E-state index contributed by atoms with van der Waals surface area (Å²) < 4.78 is 28.9. The number of sulfone groups is 1. The summed E-state index contributed by atoms with van der Waals surface area (Å²) in [5, 5.41) is 0.541. The van der Waals surface area contributed by atoms with E-state index in [-0.39, 0.29) is 11.1 Å². The maximum absolute atomic E-state index is 12.4. The maximum atomic E-state index is 12.4. The summed E-state index contributed by atoms with van der Waals surface area (Å²) >= 11 is 1.23. The lowest BCUT2D eigenvalue weighted by Crippen LogP contribution is -2.30. The summed E-state index contributed by atoms with van der Waals surface area (Å²) in [5.74, 6) is 0.187. The molecule has 0 atom stereocenters. The number of nitrogens with two attached hydrogens (primary N) is 1. The molecule has 3 rings (SSSR count). The highest BCUT2D eigenvalue weighted by Crippen LogP contribution is 2.43. The van der Waals surface area contributed by atoms with Crippen LogP contribution in [0.15, 0.2) is 4.90 Å². The van der Waals surface area contributed by atoms with Crippen LogP contribution < -0.4 is 10.6 Å². The normalized spacial score (nSPS) is 21.2. The van der Waals surface area contributed by atoms with Crippen LogP contribution in [0.3, 0.4) is 0 Å². The van der Waals surface area contributed by atoms with Crippen molar-refractivity contribution in [2.75, 3.05) is 23.7 Å². The van der Waals surface area contributed by atoms with Crippen molar-refractivity contribution in [1.82, 2.24) is 4.37 Å². The zero-order valence-electron chi connectivity index (χ0n) is 10.1. The second-order valence-corrected chi connectivity index (χ2v) is 7.91. The minimum absolute atomic E-state index is 0.187. The first kappa shape index (κ1) is 12.2. The molecule has 0 amide bonds. The third-order valence-corrected chi connectivity index (χ3v) is 6.92. The molecule has 1 saturated heterocycles. The first-order valence-electron chi connectivity index (χ1n) is 6.34. The quantitative estimate of drug-likeness (QED) is 0.914. The van der Waals surface area contributed by atoms with Gasteiger partial charge in [0.2, 0.25) is 0 Å². The Kier molecular flexibility index (Phi) is 2.97. The fourth-order valence-electron chi connectivity index (χ4n) is 2.40. The van der Waals surface area contributed by atoms with Crippen molar-refractivity contribution in [3.63, 3.8) is 0 Å². The van der Waals surface area contributed by atoms with Gasteiger partial charge in [0.1, 0.15) is 9.90 Å². The molecule has 5 nitrogen and oxygen atoms in total. The van der Waals surface area contributed by atoms with Gasteiger partial charge in [0.05, 0.1) is 5.25 Å². The lowest BCUT2D eigenvalue weighted by atomic mass is 10.1. The van der Waals surface area contributed by atoms with Crippen molar-refractivity contribution in [2.45, 2.75) is 42.2 Å². The third kappa shape index (κ3) is 1.99. The first-order chi connectivity index (χ1) is 8.60. The first-order valence-corrected chi connectivity index (χ1v) is 8.66. The van der Waals surface area contributed by atoms with E-state index in [0.29, 0.717) is 4.90 Å². The summed E-state index contributed by atoms with van der Waals surface area (Å²) in [5.41, 5.74) is 5.79. The van der Waals surface area contributed by atoms with Gasteiger partial charge in [-0.2, -0.15) is 4.37 Å². The Morgan fingerprint density at radius 3 is 2.50 bits per heavy atom. The highest BCUT2D eigenvalue weighted by molar-refractivity contribution is 7.92. The molecule has 1 aliphatic carbocycles. The summed E-state index contributed by atoms with van der Waals surface area (Å²) in [7, 11) is -3.25. The number of piperidine rings is 1. The molecule has 1 saturated carbocycles. The number of anilines is 2. The van der Waals surface area contributed by atoms with Crippen LogP contribution in [0.4, 0.5) is 10.8 Å². The molecule has 2 N–H and O–H groups in total. The van der Waals surface area contributed by atoms with Crippen LogP contribution in [0.1, 0.15) is 32.1 Å². The fourth-order valence-corrected chi connectivity index (χ4v) is 5.48. The predicted molar refractivity (Wildman–Crippen MR) is 72.8 cm³/mol. The fraction of sp³-hybridized carbons (Fsp3) is 0.727. The molecule has 0 radical (unpaired) electrons. The highest BCUT2D eigenvalue weighted by Gasteiger charge is 2.41. The summed E-state index contributed by atoms with van der Waals surface area (Å²) in [6.45, 7) is 1.82. The van der Waals surface area contributed by atoms with E-state index in [4.69, 9.17) is 5.73 Å². The van der Waals surface area contributed by atoms with Crippen molar-refractivity contribution >= 4 is 32.2 Å². The van der Waals surface area contributed by atoms with Crippen LogP contribution in [0, 0.1) is 0 Å². The van der Waals surface area contributed by atoms with E-state index in [9.17, 15) is 8.42 Å². The number of hydrogen-bond donors (Lipinski definition) is 1. The van der Waals surface area contributed by atoms with Crippen LogP contribution >= 0.6 is 11.5 Å². The SMILES string of the molecule is Nc1nsc(N2CCCCC2)c1S(=O)(=O)C1CC1. The van der Waals surface area contributed by atoms with E-state index in [1.54, 1.807) is 0 Å². The predicted octanol–water partition coefficient (Wildman–Crippen LogP) is 1.65. The Hall–Kier alpha value is -0.820. The average Bonchev–Trinajstić information content (AvgIpc) is 3.14. The molecule has 2 aliphatic rings. The zero-order valence-corrected chi connectivity index (χ0v) is 11.8. The lowest BCUT2D eigenvalue weighted by molar-refractivity contribution is 0.574. The Morgan fingerprint density at radius 1 is 1.22 bits per heavy atom. The largest absolute Gasteiger partial charge is 0.382 e. The van der Waals surface area contributed by atoms with E-state index >= 15 is 0 Å². The summed E-state index contributed by atoms with van der Waals surface area (Å²) in [6, 6.07) is 0. The third-order valence-electron chi connectivity index (χ3n) is 3.55. The second-order valence-electron chi connectivity index (χ2n) is 4.99. The van der Waals surface area contributed by atoms with Crippen molar-refractivity contribution in [3.05, 3.63) is 0 Å². The van der Waals surface area contributed by atoms with Crippen LogP contribution in [-0.4, -0.2) is 31.1 Å². The van der Waals surface area contributed by atoms with Gasteiger partial charge in [-0.05, 0) is 43.6 Å². The van der Waals surface area contributed by atoms with Gasteiger partial charge in [-0.1, -0.05) is 0 Å². The number of hydrogen-bond acceptors (Lipinski definition) is 6. The topological polar surface area (TPSA) is 76.3 Å². The molecule has 0 bridgehead atoms. The molecule has 7 heteroatoms. The monoisotopic (exact) mass is 287 g/mol. The van der Waals surface area contributed by atoms with E-state index in [2.05, 4.69) is 9.27 Å². The van der Waals surface area contributed by atoms with Crippen LogP contribution in [0.25, 0.3) is 0 Å². The maximum Gasteiger partial charge on any atom is 0.187 e. The number of rotatable bonds is 3. The van der Waals surface area contributed by atoms with Gasteiger partial charge < -0.3 is 10.6 Å². The minimum Gasteiger partial charge on any atom is -0.382 e. The van der Waals surface area contributed by atoms with Crippen molar-refractivity contribution in [1.29, 1.82) is 0 Å². The van der Waals surface area contributed by atoms with Crippen LogP contribution in [-0.2, 0) is 9.84 Å². The number of nitrogen functional groups attached to an aromatic ring is 1. The molecule has 1 aromatic rings. The van der Waals surface area contributed by atoms with E-state index < -0.39 is 9.84 Å². The minimum atomic E-state index is -3.25. The molecule has 1 aromatic heterocycles. The van der Waals surface area contributed by atoms with Gasteiger partial charge in [0, 0.05) is 13.1 Å². The Morgan fingerprint density at radius 2 is 1.89 bits per heavy atom. The van der Waals surface area contributed by atoms with Crippen LogP contribution in [0.5, 0.6) is 0 Å². The molecular formula is C11H17N3O2S2. The Labute approximate surface area is 111 Å². The van der Waals surface area contributed by atoms with Crippen molar-refractivity contribution in [3.8, 4) is 0 Å². The standard InChI is InChI=1S/C11H17N3O2S2/c12-10-9(18(15,16)8-4-5-8)11(17-13-10)14-6-2-1-3-7-14/h8H,1-7H2,(H2,12,13). The van der Waals surface area contributed by atoms with Crippen molar-refractivity contribution in [2.24, 2.45) is 0 Å². The average molecular weight is 287 g/mol. The van der Waals surface area contributed by atoms with Crippen LogP contribution in [0.2, 0.25) is 0 Å². The molecule has 100 valence electrons. The smallest absolute Gasteiger partial charge is 0.187 e. The molecule has 18 heavy (non-hydrogen) atoms. The van der Waals surface area contributed by atoms with E-state index in [0.717, 1.165) is 43.8 Å². The lowest BCUT2D eigenvalue weighted by Gasteiger charge is -2.27. The number of nitrogens with zero attached hydrogens (tertiary/aromatic N) is 2. The molecule has 1 aliphatic heterocycles. The van der Waals surface area contributed by atoms with E-state index in [1.165, 1.54) is 18.0 Å². The van der Waals surface area contributed by atoms with Gasteiger partial charge in [0.15, 0.2) is 15.7 Å². The second kappa shape index (κ2) is 4.38. The zero-order chi connectivity index (χ0) is 12.8. The summed E-state index contributed by atoms with van der Waals surface area (Å²) in [6.07, 6.45) is 4.96. The van der Waals surface area contributed by atoms with Gasteiger partial charge in [-0.25, -0.2) is 8.42 Å². The van der Waals surface area contributed by atoms with Crippen molar-refractivity contribution < 1.29 is 8.42 Å². The Balaban J connectivity index is 2.00. The molecule has 0 spiro atoms. The van der Waals surface area contributed by atoms with Gasteiger partial charge in [0.25, 0.3) is 0 Å². The van der Waals surface area contributed by atoms with Gasteiger partial charge in [-0.3, -0.25) is 0 Å². The van der Waals surface area contributed by atoms with E-state index in [1.807, 2.05) is 0 Å². The Bertz CT molecular complexity index is 543. The molecule has 2 heterocycles. The van der Waals surface area contributed by atoms with Gasteiger partial charge in [-0.15, -0.1) is 0 Å². The highest BCUT2D eigenvalue weighted by atomic mass is 32.2. The molecule has 2 fully saturated rings. The number of aromatic nitrogens is 1. The van der Waals surface area contributed by atoms with Gasteiger partial charge >= 0.3 is 0 Å². The molecule has 0 aromatic carbocycles. The summed E-state index contributed by atoms with van der Waals surface area (Å²) in [4.78, 5) is 2.43.